The first-order valence-corrected chi connectivity index (χ1v) is 3.97. The number of aliphatic hydroxyl groups excluding tert-OH is 1. The fourth-order valence-electron chi connectivity index (χ4n) is 0.822. The van der Waals surface area contributed by atoms with E-state index in [9.17, 15) is 4.79 Å². The van der Waals surface area contributed by atoms with Crippen molar-refractivity contribution in [2.45, 2.75) is 0 Å². The van der Waals surface area contributed by atoms with E-state index in [0.717, 1.165) is 0 Å². The lowest BCUT2D eigenvalue weighted by Gasteiger charge is -2.04. The molecule has 0 spiro atoms. The molecule has 0 fully saturated rings. The molecule has 1 amide bonds. The minimum Gasteiger partial charge on any atom is -0.397 e. The van der Waals surface area contributed by atoms with Gasteiger partial charge in [-0.05, 0) is 18.2 Å². The first-order chi connectivity index (χ1) is 6.13. The molecule has 0 bridgehead atoms. The molecule has 1 aromatic rings. The third-order valence-electron chi connectivity index (χ3n) is 1.42. The van der Waals surface area contributed by atoms with Gasteiger partial charge >= 0.3 is 0 Å². The molecule has 5 heteroatoms. The van der Waals surface area contributed by atoms with Crippen molar-refractivity contribution in [3.8, 4) is 0 Å². The summed E-state index contributed by atoms with van der Waals surface area (Å²) in [5, 5.41) is 11.3. The van der Waals surface area contributed by atoms with Crippen LogP contribution in [0.25, 0.3) is 0 Å². The van der Waals surface area contributed by atoms with Crippen molar-refractivity contribution in [3.63, 3.8) is 0 Å². The number of nitrogens with two attached hydrogens (primary N) is 1. The molecule has 70 valence electrons. The van der Waals surface area contributed by atoms with Gasteiger partial charge in [-0.15, -0.1) is 0 Å². The number of nitrogens with one attached hydrogen (secondary N) is 1. The van der Waals surface area contributed by atoms with Crippen molar-refractivity contribution >= 4 is 28.9 Å². The molecule has 0 atom stereocenters. The van der Waals surface area contributed by atoms with Crippen LogP contribution < -0.4 is 11.1 Å². The van der Waals surface area contributed by atoms with Crippen molar-refractivity contribution in [2.24, 2.45) is 0 Å². The van der Waals surface area contributed by atoms with E-state index in [0.29, 0.717) is 16.4 Å². The number of anilines is 2. The van der Waals surface area contributed by atoms with Crippen LogP contribution in [0.3, 0.4) is 0 Å². The summed E-state index contributed by atoms with van der Waals surface area (Å²) in [5.74, 6) is -0.485. The number of hydrogen-bond acceptors (Lipinski definition) is 3. The highest BCUT2D eigenvalue weighted by atomic mass is 35.5. The molecule has 4 nitrogen and oxygen atoms in total. The Bertz CT molecular complexity index is 328. The largest absolute Gasteiger partial charge is 0.397 e. The number of rotatable bonds is 2. The van der Waals surface area contributed by atoms with Gasteiger partial charge in [-0.3, -0.25) is 4.79 Å². The van der Waals surface area contributed by atoms with Gasteiger partial charge < -0.3 is 16.2 Å². The summed E-state index contributed by atoms with van der Waals surface area (Å²) in [4.78, 5) is 10.7. The zero-order valence-electron chi connectivity index (χ0n) is 6.75. The van der Waals surface area contributed by atoms with Crippen LogP contribution in [-0.2, 0) is 4.79 Å². The van der Waals surface area contributed by atoms with Crippen LogP contribution in [-0.4, -0.2) is 17.6 Å². The minimum absolute atomic E-state index is 0.386. The van der Waals surface area contributed by atoms with Gasteiger partial charge in [0.25, 0.3) is 0 Å². The van der Waals surface area contributed by atoms with Crippen LogP contribution in [0.4, 0.5) is 11.4 Å². The monoisotopic (exact) mass is 200 g/mol. The Balaban J connectivity index is 2.79. The Kier molecular flexibility index (Phi) is 3.11. The molecule has 13 heavy (non-hydrogen) atoms. The van der Waals surface area contributed by atoms with Crippen molar-refractivity contribution < 1.29 is 9.90 Å². The summed E-state index contributed by atoms with van der Waals surface area (Å²) >= 11 is 5.66. The first-order valence-electron chi connectivity index (χ1n) is 3.59. The number of halogens is 1. The van der Waals surface area contributed by atoms with Crippen LogP contribution in [0.2, 0.25) is 5.02 Å². The van der Waals surface area contributed by atoms with Crippen LogP contribution in [0.15, 0.2) is 18.2 Å². The third kappa shape index (κ3) is 2.61. The van der Waals surface area contributed by atoms with Crippen molar-refractivity contribution in [3.05, 3.63) is 23.2 Å². The molecule has 0 saturated carbocycles. The lowest BCUT2D eigenvalue weighted by atomic mass is 10.3. The van der Waals surface area contributed by atoms with E-state index in [1.165, 1.54) is 6.07 Å². The molecule has 0 unspecified atom stereocenters. The SMILES string of the molecule is Nc1cc(NC(=O)CO)ccc1Cl. The first kappa shape index (κ1) is 9.83. The highest BCUT2D eigenvalue weighted by molar-refractivity contribution is 6.33. The van der Waals surface area contributed by atoms with E-state index in [4.69, 9.17) is 22.4 Å². The average Bonchev–Trinajstić information content (AvgIpc) is 2.11. The highest BCUT2D eigenvalue weighted by Crippen LogP contribution is 2.22. The van der Waals surface area contributed by atoms with Gasteiger partial charge in [0, 0.05) is 5.69 Å². The summed E-state index contributed by atoms with van der Waals surface area (Å²) in [5.41, 5.74) is 6.39. The number of nitrogen functional groups attached to an aromatic ring is 1. The molecule has 0 aromatic heterocycles. The maximum absolute atomic E-state index is 10.7. The topological polar surface area (TPSA) is 75.3 Å². The molecule has 1 aromatic carbocycles. The van der Waals surface area contributed by atoms with Crippen LogP contribution in [0.5, 0.6) is 0 Å². The smallest absolute Gasteiger partial charge is 0.250 e. The second kappa shape index (κ2) is 4.11. The van der Waals surface area contributed by atoms with Crippen LogP contribution >= 0.6 is 11.6 Å². The van der Waals surface area contributed by atoms with Crippen LogP contribution in [0, 0.1) is 0 Å². The minimum atomic E-state index is -0.553. The Morgan fingerprint density at radius 1 is 1.62 bits per heavy atom. The van der Waals surface area contributed by atoms with Gasteiger partial charge in [0.05, 0.1) is 10.7 Å². The molecular weight excluding hydrogens is 192 g/mol. The number of carbonyl (C=O) groups excluding carboxylic acids is 1. The van der Waals surface area contributed by atoms with Crippen molar-refractivity contribution in [2.75, 3.05) is 17.7 Å². The van der Waals surface area contributed by atoms with E-state index >= 15 is 0 Å². The van der Waals surface area contributed by atoms with Crippen LogP contribution in [0.1, 0.15) is 0 Å². The van der Waals surface area contributed by atoms with Gasteiger partial charge in [0.2, 0.25) is 5.91 Å². The lowest BCUT2D eigenvalue weighted by Crippen LogP contribution is -2.15. The summed E-state index contributed by atoms with van der Waals surface area (Å²) < 4.78 is 0. The number of benzene rings is 1. The van der Waals surface area contributed by atoms with Gasteiger partial charge in [-0.1, -0.05) is 11.6 Å². The molecule has 0 aliphatic carbocycles. The fourth-order valence-corrected chi connectivity index (χ4v) is 0.940. The number of aliphatic hydroxyl groups is 1. The second-order valence-electron chi connectivity index (χ2n) is 2.44. The summed E-state index contributed by atoms with van der Waals surface area (Å²) in [6.45, 7) is -0.553. The van der Waals surface area contributed by atoms with Crippen molar-refractivity contribution in [1.82, 2.24) is 0 Å². The Morgan fingerprint density at radius 3 is 2.85 bits per heavy atom. The predicted molar refractivity (Wildman–Crippen MR) is 51.6 cm³/mol. The Hall–Kier alpha value is -1.26. The van der Waals surface area contributed by atoms with Gasteiger partial charge in [-0.2, -0.15) is 0 Å². The summed E-state index contributed by atoms with van der Waals surface area (Å²) in [6, 6.07) is 4.70. The maximum Gasteiger partial charge on any atom is 0.250 e. The van der Waals surface area contributed by atoms with E-state index in [-0.39, 0.29) is 0 Å². The van der Waals surface area contributed by atoms with Gasteiger partial charge in [-0.25, -0.2) is 0 Å². The predicted octanol–water partition coefficient (Wildman–Crippen LogP) is 0.853. The molecule has 4 N–H and O–H groups in total. The van der Waals surface area contributed by atoms with E-state index in [1.807, 2.05) is 0 Å². The maximum atomic E-state index is 10.7. The summed E-state index contributed by atoms with van der Waals surface area (Å²) in [7, 11) is 0. The standard InChI is InChI=1S/C8H9ClN2O2/c9-6-2-1-5(3-7(6)10)11-8(13)4-12/h1-3,12H,4,10H2,(H,11,13). The normalized spacial score (nSPS) is 9.69. The Morgan fingerprint density at radius 2 is 2.31 bits per heavy atom. The van der Waals surface area contributed by atoms with Gasteiger partial charge in [0.1, 0.15) is 6.61 Å². The quantitative estimate of drug-likeness (QED) is 0.620. The molecular formula is C8H9ClN2O2. The van der Waals surface area contributed by atoms with E-state index in [1.54, 1.807) is 12.1 Å². The molecule has 0 saturated heterocycles. The number of carbonyl (C=O) groups is 1. The molecule has 0 aliphatic heterocycles. The lowest BCUT2D eigenvalue weighted by molar-refractivity contribution is -0.118. The Labute approximate surface area is 80.3 Å². The average molecular weight is 201 g/mol. The molecule has 1 rings (SSSR count). The second-order valence-corrected chi connectivity index (χ2v) is 2.85. The molecule has 0 radical (unpaired) electrons. The molecule has 0 heterocycles. The third-order valence-corrected chi connectivity index (χ3v) is 1.77. The molecule has 0 aliphatic rings. The van der Waals surface area contributed by atoms with E-state index in [2.05, 4.69) is 5.32 Å². The number of hydrogen-bond donors (Lipinski definition) is 3. The zero-order valence-corrected chi connectivity index (χ0v) is 7.51. The van der Waals surface area contributed by atoms with Crippen molar-refractivity contribution in [1.29, 1.82) is 0 Å². The fraction of sp³-hybridized carbons (Fsp3) is 0.125. The highest BCUT2D eigenvalue weighted by Gasteiger charge is 2.01. The van der Waals surface area contributed by atoms with E-state index < -0.39 is 12.5 Å². The van der Waals surface area contributed by atoms with Gasteiger partial charge in [0.15, 0.2) is 0 Å². The number of amides is 1. The summed E-state index contributed by atoms with van der Waals surface area (Å²) in [6.07, 6.45) is 0. The zero-order chi connectivity index (χ0) is 9.84.